The van der Waals surface area contributed by atoms with Gasteiger partial charge in [-0.1, -0.05) is 0 Å². The van der Waals surface area contributed by atoms with Crippen LogP contribution in [0.5, 0.6) is 0 Å². The van der Waals surface area contributed by atoms with Crippen molar-refractivity contribution in [3.05, 3.63) is 17.2 Å². The molecule has 0 aromatic carbocycles. The molecule has 1 aromatic heterocycles. The lowest BCUT2D eigenvalue weighted by molar-refractivity contribution is 0.0687. The molecule has 0 atom stereocenters. The quantitative estimate of drug-likeness (QED) is 0.669. The van der Waals surface area contributed by atoms with Crippen molar-refractivity contribution in [1.82, 2.24) is 9.55 Å². The van der Waals surface area contributed by atoms with Crippen LogP contribution in [0.1, 0.15) is 26.8 Å². The number of carboxylic acid groups (broad SMARTS) is 1. The summed E-state index contributed by atoms with van der Waals surface area (Å²) in [4.78, 5) is 25.3. The van der Waals surface area contributed by atoms with E-state index < -0.39 is 5.97 Å². The van der Waals surface area contributed by atoms with Gasteiger partial charge in [-0.2, -0.15) is 0 Å². The Bertz CT molecular complexity index is 396. The second kappa shape index (κ2) is 3.22. The van der Waals surface area contributed by atoms with Crippen LogP contribution < -0.4 is 0 Å². The van der Waals surface area contributed by atoms with Gasteiger partial charge in [-0.25, -0.2) is 9.78 Å². The van der Waals surface area contributed by atoms with E-state index in [9.17, 15) is 9.59 Å². The third-order valence-electron chi connectivity index (χ3n) is 2.09. The van der Waals surface area contributed by atoms with Crippen molar-refractivity contribution in [2.24, 2.45) is 0 Å². The summed E-state index contributed by atoms with van der Waals surface area (Å²) in [5, 5.41) is 8.77. The molecule has 0 unspecified atom stereocenters. The van der Waals surface area contributed by atoms with Gasteiger partial charge in [0.2, 0.25) is 0 Å². The number of ether oxygens (including phenoxy) is 1. The van der Waals surface area contributed by atoms with E-state index in [0.717, 1.165) is 0 Å². The van der Waals surface area contributed by atoms with Gasteiger partial charge in [0, 0.05) is 6.54 Å². The minimum absolute atomic E-state index is 0.121. The van der Waals surface area contributed by atoms with Gasteiger partial charge < -0.3 is 14.4 Å². The molecule has 1 aliphatic heterocycles. The van der Waals surface area contributed by atoms with Gasteiger partial charge in [-0.15, -0.1) is 0 Å². The molecule has 0 saturated heterocycles. The van der Waals surface area contributed by atoms with E-state index in [2.05, 4.69) is 4.98 Å². The maximum atomic E-state index is 10.7. The molecule has 1 N–H and O–H groups in total. The number of carbonyl (C=O) groups excluding carboxylic acids is 1. The molecule has 14 heavy (non-hydrogen) atoms. The monoisotopic (exact) mass is 196 g/mol. The number of carboxylic acids is 1. The number of rotatable bonds is 2. The number of aromatic nitrogens is 2. The number of aldehydes is 1. The minimum Gasteiger partial charge on any atom is -0.476 e. The second-order valence-electron chi connectivity index (χ2n) is 2.89. The highest BCUT2D eigenvalue weighted by Crippen LogP contribution is 2.14. The highest BCUT2D eigenvalue weighted by Gasteiger charge is 2.23. The molecule has 0 spiro atoms. The normalized spacial score (nSPS) is 14.9. The predicted molar refractivity (Wildman–Crippen MR) is 44.2 cm³/mol. The molecule has 6 nitrogen and oxygen atoms in total. The molecular weight excluding hydrogens is 188 g/mol. The van der Waals surface area contributed by atoms with Crippen LogP contribution in [0.15, 0.2) is 0 Å². The van der Waals surface area contributed by atoms with Gasteiger partial charge in [-0.3, -0.25) is 4.79 Å². The Morgan fingerprint density at radius 3 is 3.07 bits per heavy atom. The zero-order chi connectivity index (χ0) is 10.1. The average Bonchev–Trinajstić information content (AvgIpc) is 2.56. The van der Waals surface area contributed by atoms with Gasteiger partial charge in [0.1, 0.15) is 18.1 Å². The molecule has 0 fully saturated rings. The van der Waals surface area contributed by atoms with Crippen molar-refractivity contribution < 1.29 is 19.4 Å². The van der Waals surface area contributed by atoms with Crippen molar-refractivity contribution in [1.29, 1.82) is 0 Å². The number of imidazole rings is 1. The summed E-state index contributed by atoms with van der Waals surface area (Å²) in [6.07, 6.45) is 0.519. The maximum absolute atomic E-state index is 10.7. The van der Waals surface area contributed by atoms with Gasteiger partial charge in [0.05, 0.1) is 6.61 Å². The Morgan fingerprint density at radius 1 is 1.64 bits per heavy atom. The molecule has 2 heterocycles. The first kappa shape index (κ1) is 8.89. The molecule has 2 rings (SSSR count). The van der Waals surface area contributed by atoms with E-state index >= 15 is 0 Å². The van der Waals surface area contributed by atoms with Crippen molar-refractivity contribution >= 4 is 12.3 Å². The summed E-state index contributed by atoms with van der Waals surface area (Å²) in [5.41, 5.74) is -0.0729. The lowest BCUT2D eigenvalue weighted by atomic mass is 10.3. The van der Waals surface area contributed by atoms with Crippen molar-refractivity contribution in [2.45, 2.75) is 13.2 Å². The largest absolute Gasteiger partial charge is 0.476 e. The van der Waals surface area contributed by atoms with Crippen molar-refractivity contribution in [3.8, 4) is 0 Å². The number of hydrogen-bond acceptors (Lipinski definition) is 4. The Kier molecular flexibility index (Phi) is 2.05. The van der Waals surface area contributed by atoms with Crippen LogP contribution in [-0.2, 0) is 17.9 Å². The van der Waals surface area contributed by atoms with Crippen LogP contribution in [0, 0.1) is 0 Å². The molecule has 74 valence electrons. The van der Waals surface area contributed by atoms with Gasteiger partial charge in [-0.05, 0) is 0 Å². The smallest absolute Gasteiger partial charge is 0.356 e. The fraction of sp³-hybridized carbons (Fsp3) is 0.375. The molecule has 1 aliphatic rings. The summed E-state index contributed by atoms with van der Waals surface area (Å²) in [7, 11) is 0. The van der Waals surface area contributed by atoms with Crippen LogP contribution in [0.25, 0.3) is 0 Å². The first-order chi connectivity index (χ1) is 6.74. The summed E-state index contributed by atoms with van der Waals surface area (Å²) < 4.78 is 6.68. The molecule has 0 bridgehead atoms. The number of hydrogen-bond donors (Lipinski definition) is 1. The van der Waals surface area contributed by atoms with Crippen LogP contribution in [-0.4, -0.2) is 33.5 Å². The average molecular weight is 196 g/mol. The minimum atomic E-state index is -1.19. The third kappa shape index (κ3) is 1.20. The van der Waals surface area contributed by atoms with E-state index in [1.165, 1.54) is 0 Å². The second-order valence-corrected chi connectivity index (χ2v) is 2.89. The highest BCUT2D eigenvalue weighted by molar-refractivity contribution is 5.94. The van der Waals surface area contributed by atoms with E-state index in [4.69, 9.17) is 9.84 Å². The van der Waals surface area contributed by atoms with Crippen LogP contribution in [0.3, 0.4) is 0 Å². The zero-order valence-electron chi connectivity index (χ0n) is 7.27. The Hall–Kier alpha value is -1.69. The summed E-state index contributed by atoms with van der Waals surface area (Å²) in [5.74, 6) is -0.690. The lowest BCUT2D eigenvalue weighted by Gasteiger charge is -2.14. The Morgan fingerprint density at radius 2 is 2.43 bits per heavy atom. The fourth-order valence-electron chi connectivity index (χ4n) is 1.47. The number of aromatic carboxylic acids is 1. The number of fused-ring (bicyclic) bond motifs is 1. The van der Waals surface area contributed by atoms with E-state index in [1.807, 2.05) is 0 Å². The van der Waals surface area contributed by atoms with Gasteiger partial charge in [0.15, 0.2) is 12.0 Å². The van der Waals surface area contributed by atoms with E-state index in [-0.39, 0.29) is 18.0 Å². The van der Waals surface area contributed by atoms with Crippen molar-refractivity contribution in [3.63, 3.8) is 0 Å². The number of carbonyl (C=O) groups is 2. The first-order valence-corrected chi connectivity index (χ1v) is 4.09. The molecule has 1 aromatic rings. The molecule has 6 heteroatoms. The van der Waals surface area contributed by atoms with E-state index in [1.54, 1.807) is 4.57 Å². The van der Waals surface area contributed by atoms with Gasteiger partial charge >= 0.3 is 5.97 Å². The van der Waals surface area contributed by atoms with E-state index in [0.29, 0.717) is 25.3 Å². The number of nitrogens with zero attached hydrogens (tertiary/aromatic N) is 2. The molecular formula is C8H8N2O4. The summed E-state index contributed by atoms with van der Waals surface area (Å²) in [6.45, 7) is 1.21. The molecule has 0 saturated carbocycles. The first-order valence-electron chi connectivity index (χ1n) is 4.09. The summed E-state index contributed by atoms with van der Waals surface area (Å²) in [6, 6.07) is 0. The maximum Gasteiger partial charge on any atom is 0.356 e. The zero-order valence-corrected chi connectivity index (χ0v) is 7.27. The van der Waals surface area contributed by atoms with Crippen LogP contribution in [0.2, 0.25) is 0 Å². The lowest BCUT2D eigenvalue weighted by Crippen LogP contribution is -2.18. The van der Waals surface area contributed by atoms with Crippen molar-refractivity contribution in [2.75, 3.05) is 6.61 Å². The van der Waals surface area contributed by atoms with Crippen LogP contribution >= 0.6 is 0 Å². The molecule has 0 amide bonds. The molecule has 0 aliphatic carbocycles. The topological polar surface area (TPSA) is 81.4 Å². The predicted octanol–water partition coefficient (Wildman–Crippen LogP) is -0.0760. The summed E-state index contributed by atoms with van der Waals surface area (Å²) >= 11 is 0. The molecule has 0 radical (unpaired) electrons. The Balaban J connectivity index is 2.57. The van der Waals surface area contributed by atoms with Crippen LogP contribution in [0.4, 0.5) is 0 Å². The highest BCUT2D eigenvalue weighted by atomic mass is 16.5. The fourth-order valence-corrected chi connectivity index (χ4v) is 1.47. The standard InChI is InChI=1S/C8H8N2O4/c11-3-5-7(8(12)13)9-6-4-14-2-1-10(5)6/h3H,1-2,4H2,(H,12,13). The van der Waals surface area contributed by atoms with Gasteiger partial charge in [0.25, 0.3) is 0 Å². The third-order valence-corrected chi connectivity index (χ3v) is 2.09. The Labute approximate surface area is 79.1 Å². The SMILES string of the molecule is O=Cc1c(C(=O)O)nc2n1CCOC2.